The van der Waals surface area contributed by atoms with Gasteiger partial charge in [0.2, 0.25) is 5.91 Å². The first-order valence-electron chi connectivity index (χ1n) is 11.8. The second-order valence-electron chi connectivity index (χ2n) is 9.38. The minimum absolute atomic E-state index is 0.0355. The smallest absolute Gasteiger partial charge is 0.222 e. The Balaban J connectivity index is 1.67. The van der Waals surface area contributed by atoms with Crippen LogP contribution in [-0.2, 0) is 11.2 Å². The first-order chi connectivity index (χ1) is 15.3. The molecule has 0 saturated heterocycles. The first-order valence-corrected chi connectivity index (χ1v) is 11.8. The van der Waals surface area contributed by atoms with E-state index in [9.17, 15) is 15.0 Å². The molecule has 0 bridgehead atoms. The number of hydrogen-bond donors (Lipinski definition) is 2. The van der Waals surface area contributed by atoms with Crippen molar-refractivity contribution in [3.63, 3.8) is 0 Å². The van der Waals surface area contributed by atoms with Gasteiger partial charge in [-0.3, -0.25) is 4.79 Å². The van der Waals surface area contributed by atoms with Crippen LogP contribution in [-0.4, -0.2) is 53.4 Å². The minimum atomic E-state index is -0.583. The van der Waals surface area contributed by atoms with Crippen LogP contribution in [0.15, 0.2) is 30.4 Å². The van der Waals surface area contributed by atoms with E-state index in [4.69, 9.17) is 4.74 Å². The molecule has 1 saturated carbocycles. The maximum Gasteiger partial charge on any atom is 0.222 e. The van der Waals surface area contributed by atoms with Crippen molar-refractivity contribution in [2.75, 3.05) is 14.1 Å². The molecule has 0 unspecified atom stereocenters. The van der Waals surface area contributed by atoms with Crippen molar-refractivity contribution in [2.45, 2.75) is 76.6 Å². The summed E-state index contributed by atoms with van der Waals surface area (Å²) in [6, 6.07) is 6.28. The van der Waals surface area contributed by atoms with Gasteiger partial charge in [0.15, 0.2) is 0 Å². The number of benzene rings is 1. The van der Waals surface area contributed by atoms with Crippen molar-refractivity contribution in [1.82, 2.24) is 4.90 Å². The van der Waals surface area contributed by atoms with Crippen LogP contribution in [0, 0.1) is 23.7 Å². The molecule has 1 aromatic rings. The quantitative estimate of drug-likeness (QED) is 0.350. The number of para-hydroxylation sites is 1. The van der Waals surface area contributed by atoms with Gasteiger partial charge in [-0.25, -0.2) is 0 Å². The minimum Gasteiger partial charge on any atom is -0.489 e. The second-order valence-corrected chi connectivity index (χ2v) is 9.38. The Labute approximate surface area is 192 Å². The van der Waals surface area contributed by atoms with Crippen molar-refractivity contribution >= 4 is 5.91 Å². The van der Waals surface area contributed by atoms with Crippen LogP contribution >= 0.6 is 0 Å². The zero-order valence-corrected chi connectivity index (χ0v) is 19.8. The van der Waals surface area contributed by atoms with Gasteiger partial charge in [-0.15, -0.1) is 11.8 Å². The van der Waals surface area contributed by atoms with Crippen molar-refractivity contribution in [3.05, 3.63) is 41.5 Å². The highest BCUT2D eigenvalue weighted by atomic mass is 16.5. The molecule has 0 radical (unpaired) electrons. The molecule has 0 spiro atoms. The lowest BCUT2D eigenvalue weighted by molar-refractivity contribution is -0.128. The molecule has 1 aliphatic heterocycles. The second kappa shape index (κ2) is 11.0. The number of aliphatic hydroxyl groups is 2. The molecule has 1 aliphatic carbocycles. The summed E-state index contributed by atoms with van der Waals surface area (Å²) in [5.41, 5.74) is 2.33. The van der Waals surface area contributed by atoms with Gasteiger partial charge in [0.25, 0.3) is 0 Å². The molecule has 1 aromatic carbocycles. The Morgan fingerprint density at radius 1 is 1.34 bits per heavy atom. The summed E-state index contributed by atoms with van der Waals surface area (Å²) in [6.45, 7) is 3.79. The Kier molecular flexibility index (Phi) is 8.39. The fourth-order valence-electron chi connectivity index (χ4n) is 4.80. The van der Waals surface area contributed by atoms with Crippen LogP contribution in [0.25, 0.3) is 0 Å². The van der Waals surface area contributed by atoms with Crippen LogP contribution in [0.2, 0.25) is 0 Å². The van der Waals surface area contributed by atoms with Gasteiger partial charge in [-0.2, -0.15) is 0 Å². The van der Waals surface area contributed by atoms with Gasteiger partial charge in [-0.1, -0.05) is 37.3 Å². The molecule has 1 amide bonds. The summed E-state index contributed by atoms with van der Waals surface area (Å²) in [5, 5.41) is 21.2. The average Bonchev–Trinajstić information content (AvgIpc) is 3.28. The van der Waals surface area contributed by atoms with Crippen molar-refractivity contribution in [2.24, 2.45) is 11.8 Å². The number of aryl methyl sites for hydroxylation is 1. The Bertz CT molecular complexity index is 881. The molecule has 0 aromatic heterocycles. The molecule has 5 nitrogen and oxygen atoms in total. The van der Waals surface area contributed by atoms with E-state index in [1.54, 1.807) is 25.9 Å². The normalized spacial score (nSPS) is 25.4. The largest absolute Gasteiger partial charge is 0.489 e. The zero-order chi connectivity index (χ0) is 23.3. The number of ether oxygens (including phenoxy) is 1. The third-order valence-corrected chi connectivity index (χ3v) is 6.79. The standard InChI is InChI=1S/C27H37NO4/c1-5-6-10-18(2)22(29)16-15-20-23(30)17-24-26(20)21-13-9-12-19(27(21)32-24)11-7-8-14-25(31)28(3)4/h9,12-13,15-16,18,20,22-24,26,29-30H,7-8,10-11,14,17H2,1-4H3/b16-15+/t18-,20+,22-,23-,24+,26+/m1/s1. The zero-order valence-electron chi connectivity index (χ0n) is 19.8. The molecule has 2 N–H and O–H groups in total. The third-order valence-electron chi connectivity index (χ3n) is 6.79. The predicted octanol–water partition coefficient (Wildman–Crippen LogP) is 3.68. The molecule has 6 atom stereocenters. The maximum atomic E-state index is 11.8. The van der Waals surface area contributed by atoms with Crippen LogP contribution in [0.3, 0.4) is 0 Å². The average molecular weight is 440 g/mol. The van der Waals surface area contributed by atoms with Crippen molar-refractivity contribution in [1.29, 1.82) is 0 Å². The predicted molar refractivity (Wildman–Crippen MR) is 126 cm³/mol. The number of carbonyl (C=O) groups excluding carboxylic acids is 1. The summed E-state index contributed by atoms with van der Waals surface area (Å²) in [5.74, 6) is 7.09. The Morgan fingerprint density at radius 3 is 2.84 bits per heavy atom. The number of nitrogens with zero attached hydrogens (tertiary/aromatic N) is 1. The summed E-state index contributed by atoms with van der Waals surface area (Å²) in [4.78, 5) is 13.4. The van der Waals surface area contributed by atoms with Crippen molar-refractivity contribution in [3.8, 4) is 17.6 Å². The van der Waals surface area contributed by atoms with E-state index < -0.39 is 12.2 Å². The van der Waals surface area contributed by atoms with Gasteiger partial charge in [0.05, 0.1) is 12.2 Å². The van der Waals surface area contributed by atoms with Crippen LogP contribution in [0.1, 0.15) is 63.0 Å². The first kappa shape index (κ1) is 24.4. The highest BCUT2D eigenvalue weighted by molar-refractivity contribution is 5.75. The van der Waals surface area contributed by atoms with Crippen LogP contribution in [0.4, 0.5) is 0 Å². The summed E-state index contributed by atoms with van der Waals surface area (Å²) in [7, 11) is 3.58. The summed E-state index contributed by atoms with van der Waals surface area (Å²) in [6.07, 6.45) is 7.19. The third kappa shape index (κ3) is 5.54. The van der Waals surface area contributed by atoms with E-state index in [2.05, 4.69) is 30.0 Å². The van der Waals surface area contributed by atoms with Gasteiger partial charge >= 0.3 is 0 Å². The lowest BCUT2D eigenvalue weighted by atomic mass is 9.86. The molecular weight excluding hydrogens is 402 g/mol. The highest BCUT2D eigenvalue weighted by Crippen LogP contribution is 2.52. The lowest BCUT2D eigenvalue weighted by Crippen LogP contribution is -2.21. The molecule has 3 rings (SSSR count). The van der Waals surface area contributed by atoms with E-state index in [1.807, 2.05) is 19.1 Å². The van der Waals surface area contributed by atoms with Crippen molar-refractivity contribution < 1.29 is 19.7 Å². The molecule has 32 heavy (non-hydrogen) atoms. The highest BCUT2D eigenvalue weighted by Gasteiger charge is 2.48. The monoisotopic (exact) mass is 439 g/mol. The topological polar surface area (TPSA) is 70.0 Å². The Morgan fingerprint density at radius 2 is 2.12 bits per heavy atom. The van der Waals surface area contributed by atoms with E-state index in [-0.39, 0.29) is 29.8 Å². The number of hydrogen-bond acceptors (Lipinski definition) is 4. The molecule has 174 valence electrons. The number of amides is 1. The number of unbranched alkanes of at least 4 members (excludes halogenated alkanes) is 1. The maximum absolute atomic E-state index is 11.8. The number of rotatable bonds is 9. The summed E-state index contributed by atoms with van der Waals surface area (Å²) < 4.78 is 6.34. The number of fused-ring (bicyclic) bond motifs is 3. The molecule has 1 fully saturated rings. The van der Waals surface area contributed by atoms with Gasteiger partial charge in [0.1, 0.15) is 11.9 Å². The number of carbonyl (C=O) groups is 1. The van der Waals surface area contributed by atoms with Gasteiger partial charge in [0, 0.05) is 50.8 Å². The van der Waals surface area contributed by atoms with Crippen LogP contribution < -0.4 is 4.74 Å². The SMILES string of the molecule is CC#CC[C@@H](C)[C@H](O)/C=C/[C@@H]1[C@H]2c3cccc(CCCCC(=O)N(C)C)c3O[C@H]2C[C@H]1O. The lowest BCUT2D eigenvalue weighted by Gasteiger charge is -2.19. The Hall–Kier alpha value is -2.29. The van der Waals surface area contributed by atoms with E-state index in [0.717, 1.165) is 30.6 Å². The van der Waals surface area contributed by atoms with E-state index in [0.29, 0.717) is 19.3 Å². The molecule has 2 aliphatic rings. The molecule has 5 heteroatoms. The van der Waals surface area contributed by atoms with E-state index in [1.165, 1.54) is 5.56 Å². The van der Waals surface area contributed by atoms with Crippen LogP contribution in [0.5, 0.6) is 5.75 Å². The van der Waals surface area contributed by atoms with Gasteiger partial charge in [-0.05, 0) is 37.7 Å². The van der Waals surface area contributed by atoms with E-state index >= 15 is 0 Å². The fraction of sp³-hybridized carbons (Fsp3) is 0.593. The molecular formula is C27H37NO4. The van der Waals surface area contributed by atoms with Gasteiger partial charge < -0.3 is 19.8 Å². The fourth-order valence-corrected chi connectivity index (χ4v) is 4.80. The number of aliphatic hydroxyl groups excluding tert-OH is 2. The molecule has 1 heterocycles. The summed E-state index contributed by atoms with van der Waals surface area (Å²) >= 11 is 0.